The lowest BCUT2D eigenvalue weighted by molar-refractivity contribution is 0.244. The molecular formula is C27H33N5O. The van der Waals surface area contributed by atoms with E-state index in [1.54, 1.807) is 0 Å². The largest absolute Gasteiger partial charge is 0.489 e. The Hall–Kier alpha value is -3.38. The van der Waals surface area contributed by atoms with Gasteiger partial charge in [-0.2, -0.15) is 0 Å². The minimum absolute atomic E-state index is 0.0781. The Morgan fingerprint density at radius 3 is 2.85 bits per heavy atom. The van der Waals surface area contributed by atoms with Crippen molar-refractivity contribution < 1.29 is 4.74 Å². The molecule has 0 amide bonds. The lowest BCUT2D eigenvalue weighted by Gasteiger charge is -2.15. The molecule has 172 valence electrons. The highest BCUT2D eigenvalue weighted by Gasteiger charge is 2.25. The molecule has 4 N–H and O–H groups in total. The smallest absolute Gasteiger partial charge is 0.142 e. The molecule has 1 heterocycles. The molecule has 0 unspecified atom stereocenters. The van der Waals surface area contributed by atoms with Gasteiger partial charge in [-0.15, -0.1) is 0 Å². The number of nitrogen functional groups attached to an aromatic ring is 1. The Morgan fingerprint density at radius 2 is 2.15 bits per heavy atom. The molecule has 0 saturated heterocycles. The summed E-state index contributed by atoms with van der Waals surface area (Å²) in [6.45, 7) is 13.0. The molecule has 33 heavy (non-hydrogen) atoms. The number of aliphatic imine (C=N–C) groups is 1. The predicted octanol–water partition coefficient (Wildman–Crippen LogP) is 5.34. The molecule has 2 aromatic carbocycles. The van der Waals surface area contributed by atoms with E-state index in [1.165, 1.54) is 11.1 Å². The van der Waals surface area contributed by atoms with E-state index in [9.17, 15) is 0 Å². The van der Waals surface area contributed by atoms with E-state index >= 15 is 0 Å². The minimum Gasteiger partial charge on any atom is -0.489 e. The van der Waals surface area contributed by atoms with Crippen molar-refractivity contribution in [3.8, 4) is 5.75 Å². The van der Waals surface area contributed by atoms with E-state index in [0.29, 0.717) is 17.5 Å². The number of aromatic amines is 1. The number of nitrogens with two attached hydrogens (primary N) is 1. The van der Waals surface area contributed by atoms with Gasteiger partial charge in [-0.25, -0.2) is 4.98 Å². The van der Waals surface area contributed by atoms with Gasteiger partial charge in [-0.3, -0.25) is 4.99 Å². The lowest BCUT2D eigenvalue weighted by atomic mass is 10.00. The third kappa shape index (κ3) is 5.17. The first-order valence-electron chi connectivity index (χ1n) is 11.5. The van der Waals surface area contributed by atoms with Gasteiger partial charge in [0.1, 0.15) is 11.6 Å². The number of rotatable bonds is 8. The Bertz CT molecular complexity index is 1190. The van der Waals surface area contributed by atoms with Crippen molar-refractivity contribution in [2.24, 2.45) is 4.99 Å². The van der Waals surface area contributed by atoms with E-state index in [2.05, 4.69) is 40.1 Å². The number of ether oxygens (including phenoxy) is 1. The van der Waals surface area contributed by atoms with Crippen LogP contribution in [0, 0.1) is 6.92 Å². The average molecular weight is 444 g/mol. The van der Waals surface area contributed by atoms with Gasteiger partial charge in [0, 0.05) is 29.2 Å². The Balaban J connectivity index is 1.50. The SMILES string of the molecule is C=C(N=C(C)c1ccc(OC(C)C)c(N)c1)c1cccc2c1CC[C@@H]2NCc1ncc(C)[nH]1. The second-order valence-corrected chi connectivity index (χ2v) is 8.92. The van der Waals surface area contributed by atoms with Crippen molar-refractivity contribution in [1.82, 2.24) is 15.3 Å². The molecule has 0 saturated carbocycles. The lowest BCUT2D eigenvalue weighted by Crippen LogP contribution is -2.19. The van der Waals surface area contributed by atoms with Crippen LogP contribution in [-0.2, 0) is 13.0 Å². The molecule has 1 atom stereocenters. The minimum atomic E-state index is 0.0781. The van der Waals surface area contributed by atoms with Crippen LogP contribution in [0.15, 0.2) is 54.2 Å². The number of anilines is 1. The predicted molar refractivity (Wildman–Crippen MR) is 136 cm³/mol. The molecule has 1 aliphatic rings. The van der Waals surface area contributed by atoms with Gasteiger partial charge in [0.05, 0.1) is 24.0 Å². The number of nitrogens with one attached hydrogen (secondary N) is 2. The number of benzene rings is 2. The highest BCUT2D eigenvalue weighted by molar-refractivity contribution is 6.02. The van der Waals surface area contributed by atoms with Gasteiger partial charge < -0.3 is 20.8 Å². The van der Waals surface area contributed by atoms with Crippen LogP contribution < -0.4 is 15.8 Å². The quantitative estimate of drug-likeness (QED) is 0.324. The second-order valence-electron chi connectivity index (χ2n) is 8.92. The zero-order valence-corrected chi connectivity index (χ0v) is 19.9. The fraction of sp³-hybridized carbons (Fsp3) is 0.333. The fourth-order valence-corrected chi connectivity index (χ4v) is 4.38. The van der Waals surface area contributed by atoms with E-state index in [-0.39, 0.29) is 6.10 Å². The van der Waals surface area contributed by atoms with Crippen molar-refractivity contribution in [1.29, 1.82) is 0 Å². The first-order chi connectivity index (χ1) is 15.8. The maximum absolute atomic E-state index is 6.19. The Morgan fingerprint density at radius 1 is 1.33 bits per heavy atom. The number of hydrogen-bond donors (Lipinski definition) is 3. The summed E-state index contributed by atoms with van der Waals surface area (Å²) in [5.41, 5.74) is 14.3. The summed E-state index contributed by atoms with van der Waals surface area (Å²) >= 11 is 0. The summed E-state index contributed by atoms with van der Waals surface area (Å²) in [5.74, 6) is 1.66. The van der Waals surface area contributed by atoms with Gasteiger partial charge in [0.15, 0.2) is 0 Å². The van der Waals surface area contributed by atoms with Crippen LogP contribution in [0.3, 0.4) is 0 Å². The number of fused-ring (bicyclic) bond motifs is 1. The van der Waals surface area contributed by atoms with Gasteiger partial charge >= 0.3 is 0 Å². The number of H-pyrrole nitrogens is 1. The molecule has 0 bridgehead atoms. The van der Waals surface area contributed by atoms with Gasteiger partial charge in [0.2, 0.25) is 0 Å². The van der Waals surface area contributed by atoms with Crippen LogP contribution in [0.5, 0.6) is 5.75 Å². The first-order valence-corrected chi connectivity index (χ1v) is 11.5. The summed E-state index contributed by atoms with van der Waals surface area (Å²) in [6.07, 6.45) is 3.99. The van der Waals surface area contributed by atoms with Gasteiger partial charge in [-0.05, 0) is 75.4 Å². The second kappa shape index (κ2) is 9.63. The molecule has 3 aromatic rings. The van der Waals surface area contributed by atoms with Crippen molar-refractivity contribution in [2.45, 2.75) is 59.2 Å². The molecule has 6 heteroatoms. The topological polar surface area (TPSA) is 88.3 Å². The molecular weight excluding hydrogens is 410 g/mol. The fourth-order valence-electron chi connectivity index (χ4n) is 4.38. The maximum Gasteiger partial charge on any atom is 0.142 e. The molecule has 0 aliphatic heterocycles. The summed E-state index contributed by atoms with van der Waals surface area (Å²) < 4.78 is 5.75. The van der Waals surface area contributed by atoms with E-state index in [1.807, 2.05) is 52.1 Å². The molecule has 1 aromatic heterocycles. The average Bonchev–Trinajstić information content (AvgIpc) is 3.38. The molecule has 6 nitrogen and oxygen atoms in total. The van der Waals surface area contributed by atoms with E-state index < -0.39 is 0 Å². The van der Waals surface area contributed by atoms with Crippen molar-refractivity contribution in [3.63, 3.8) is 0 Å². The number of aromatic nitrogens is 2. The Labute approximate surface area is 196 Å². The van der Waals surface area contributed by atoms with Crippen molar-refractivity contribution >= 4 is 17.1 Å². The molecule has 0 spiro atoms. The number of aryl methyl sites for hydroxylation is 1. The summed E-state index contributed by atoms with van der Waals surface area (Å²) in [7, 11) is 0. The van der Waals surface area contributed by atoms with Gasteiger partial charge in [-0.1, -0.05) is 24.8 Å². The maximum atomic E-state index is 6.19. The summed E-state index contributed by atoms with van der Waals surface area (Å²) in [5, 5.41) is 3.64. The van der Waals surface area contributed by atoms with Crippen LogP contribution in [0.25, 0.3) is 5.70 Å². The number of hydrogen-bond acceptors (Lipinski definition) is 5. The highest BCUT2D eigenvalue weighted by Crippen LogP contribution is 2.36. The summed E-state index contributed by atoms with van der Waals surface area (Å²) in [6, 6.07) is 12.5. The first kappa shape index (κ1) is 22.8. The number of imidazole rings is 1. The third-order valence-electron chi connectivity index (χ3n) is 5.95. The third-order valence-corrected chi connectivity index (χ3v) is 5.95. The zero-order chi connectivity index (χ0) is 23.5. The monoisotopic (exact) mass is 443 g/mol. The van der Waals surface area contributed by atoms with Crippen LogP contribution in [0.1, 0.15) is 67.0 Å². The molecule has 0 fully saturated rings. The number of nitrogens with zero attached hydrogens (tertiary/aromatic N) is 2. The molecule has 4 rings (SSSR count). The van der Waals surface area contributed by atoms with Crippen LogP contribution >= 0.6 is 0 Å². The van der Waals surface area contributed by atoms with Crippen LogP contribution in [0.2, 0.25) is 0 Å². The van der Waals surface area contributed by atoms with Gasteiger partial charge in [0.25, 0.3) is 0 Å². The van der Waals surface area contributed by atoms with Crippen molar-refractivity contribution in [3.05, 3.63) is 82.9 Å². The molecule has 1 aliphatic carbocycles. The zero-order valence-electron chi connectivity index (χ0n) is 19.9. The van der Waals surface area contributed by atoms with E-state index in [0.717, 1.165) is 53.4 Å². The van der Waals surface area contributed by atoms with E-state index in [4.69, 9.17) is 15.5 Å². The van der Waals surface area contributed by atoms with Crippen molar-refractivity contribution in [2.75, 3.05) is 5.73 Å². The Kier molecular flexibility index (Phi) is 6.65. The highest BCUT2D eigenvalue weighted by atomic mass is 16.5. The standard InChI is InChI=1S/C27H33N5O/c1-16(2)33-26-12-9-20(13-24(26)28)18(4)32-19(5)21-7-6-8-23-22(21)10-11-25(23)29-15-27-30-14-17(3)31-27/h6-9,12-14,16,25,29H,5,10-11,15,28H2,1-4H3,(H,30,31)/t25-/m0/s1. The van der Waals surface area contributed by atoms with Crippen LogP contribution in [-0.4, -0.2) is 21.8 Å². The summed E-state index contributed by atoms with van der Waals surface area (Å²) in [4.78, 5) is 12.5. The van der Waals surface area contributed by atoms with Crippen LogP contribution in [0.4, 0.5) is 5.69 Å². The molecule has 0 radical (unpaired) electrons. The normalized spacial score (nSPS) is 15.7.